The molecular weight excluding hydrogens is 701 g/mol. The van der Waals surface area contributed by atoms with Crippen LogP contribution in [0.5, 0.6) is 0 Å². The summed E-state index contributed by atoms with van der Waals surface area (Å²) in [5, 5.41) is 0. The Hall–Kier alpha value is -3.26. The van der Waals surface area contributed by atoms with Crippen LogP contribution in [0.25, 0.3) is 0 Å². The maximum atomic E-state index is 3.19. The van der Waals surface area contributed by atoms with Gasteiger partial charge >= 0.3 is 0 Å². The van der Waals surface area contributed by atoms with Gasteiger partial charge in [-0.3, -0.25) is 0 Å². The van der Waals surface area contributed by atoms with Crippen molar-refractivity contribution in [2.45, 2.75) is 147 Å². The number of hydrogen-bond acceptors (Lipinski definition) is 2. The first kappa shape index (κ1) is 36.6. The summed E-state index contributed by atoms with van der Waals surface area (Å²) in [6.07, 6.45) is 70.7. The molecule has 14 atom stereocenters. The second-order valence-corrected chi connectivity index (χ2v) is 21.0. The third-order valence-electron chi connectivity index (χ3n) is 18.8. The van der Waals surface area contributed by atoms with Crippen molar-refractivity contribution >= 4 is 0 Å². The highest BCUT2D eigenvalue weighted by molar-refractivity contribution is 5.44. The van der Waals surface area contributed by atoms with Crippen molar-refractivity contribution in [3.8, 4) is 0 Å². The number of rotatable bonds is 6. The van der Waals surface area contributed by atoms with Crippen LogP contribution in [0.4, 0.5) is 0 Å². The minimum Gasteiger partial charge on any atom is -0.362 e. The zero-order chi connectivity index (χ0) is 38.2. The van der Waals surface area contributed by atoms with Crippen molar-refractivity contribution in [3.63, 3.8) is 0 Å². The second-order valence-electron chi connectivity index (χ2n) is 21.0. The highest BCUT2D eigenvalue weighted by atomic mass is 15.2. The van der Waals surface area contributed by atoms with Crippen molar-refractivity contribution in [2.24, 2.45) is 64.6 Å². The van der Waals surface area contributed by atoms with E-state index in [1.165, 1.54) is 128 Å². The quantitative estimate of drug-likeness (QED) is 0.248. The lowest BCUT2D eigenvalue weighted by atomic mass is 9.55. The third kappa shape index (κ3) is 5.60. The summed E-state index contributed by atoms with van der Waals surface area (Å²) < 4.78 is 0. The Kier molecular flexibility index (Phi) is 9.48. The fraction of sp³-hybridized carbons (Fsp3) is 0.607. The van der Waals surface area contributed by atoms with E-state index in [-0.39, 0.29) is 0 Å². The highest BCUT2D eigenvalue weighted by Crippen LogP contribution is 2.77. The maximum absolute atomic E-state index is 3.19. The Morgan fingerprint density at radius 2 is 1.48 bits per heavy atom. The first-order valence-corrected chi connectivity index (χ1v) is 24.9. The largest absolute Gasteiger partial charge is 0.362 e. The van der Waals surface area contributed by atoms with Crippen LogP contribution in [-0.2, 0) is 0 Å². The summed E-state index contributed by atoms with van der Waals surface area (Å²) in [4.78, 5) is 6.16. The van der Waals surface area contributed by atoms with Gasteiger partial charge in [0.25, 0.3) is 0 Å². The molecule has 0 aromatic carbocycles. The van der Waals surface area contributed by atoms with Crippen LogP contribution in [0.3, 0.4) is 0 Å². The Bertz CT molecular complexity index is 1970. The van der Waals surface area contributed by atoms with E-state index in [2.05, 4.69) is 113 Å². The SMILES string of the molecule is C1=CCCC(N(C2C=CCCC2)C2C=CC3C4C=CC=CC4C4(C3C2)C2CCCC2C2C(N(C3=CCCCC3)C3CC5CCC=CC5=C5C=CCCC53)=CCCC24)=C1. The zero-order valence-corrected chi connectivity index (χ0v) is 35.4. The molecule has 2 nitrogen and oxygen atoms in total. The molecule has 0 aliphatic heterocycles. The zero-order valence-electron chi connectivity index (χ0n) is 35.4. The second kappa shape index (κ2) is 15.0. The molecule has 14 unspecified atom stereocenters. The van der Waals surface area contributed by atoms with Gasteiger partial charge in [-0.25, -0.2) is 0 Å². The molecule has 12 rings (SSSR count). The Morgan fingerprint density at radius 3 is 2.36 bits per heavy atom. The van der Waals surface area contributed by atoms with Gasteiger partial charge in [0.05, 0.1) is 0 Å². The van der Waals surface area contributed by atoms with E-state index in [0.29, 0.717) is 47.2 Å². The summed E-state index contributed by atoms with van der Waals surface area (Å²) in [7, 11) is 0. The van der Waals surface area contributed by atoms with Crippen molar-refractivity contribution in [1.82, 2.24) is 9.80 Å². The van der Waals surface area contributed by atoms with Gasteiger partial charge in [-0.15, -0.1) is 0 Å². The van der Waals surface area contributed by atoms with Gasteiger partial charge < -0.3 is 9.80 Å². The first-order chi connectivity index (χ1) is 28.8. The summed E-state index contributed by atoms with van der Waals surface area (Å²) >= 11 is 0. The predicted molar refractivity (Wildman–Crippen MR) is 240 cm³/mol. The number of fused-ring (bicyclic) bond motifs is 12. The monoisotopic (exact) mass is 771 g/mol. The van der Waals surface area contributed by atoms with Gasteiger partial charge in [0, 0.05) is 47.1 Å². The molecule has 3 fully saturated rings. The molecule has 12 aliphatic carbocycles. The molecular formula is C56H70N2. The molecule has 12 aliphatic rings. The van der Waals surface area contributed by atoms with Gasteiger partial charge in [-0.05, 0) is 192 Å². The van der Waals surface area contributed by atoms with Crippen LogP contribution < -0.4 is 0 Å². The fourth-order valence-electron chi connectivity index (χ4n) is 17.1. The average Bonchev–Trinajstić information content (AvgIpc) is 3.97. The van der Waals surface area contributed by atoms with E-state index < -0.39 is 0 Å². The standard InChI is InChI=1S/C56H70N2/c1-4-19-39(20-5-1)57(40-21-6-2-7-22-40)42-34-35-46-45-27-14-15-30-49(45)56(52(46)37-42)50-31-16-29-48(50)55-51(56)32-17-33-53(55)58(41-23-8-3-9-24-41)54-36-38-18-10-11-25-43(38)44-26-12-13-28-47(44)54/h1,4,6,11-12,14-15,19,21,23,25-27,30,33-35,38,40,42,45-52,54-55H,2-3,5,7-10,13,16-18,20,22,24,28-29,31-32,36-37H2. The van der Waals surface area contributed by atoms with Gasteiger partial charge in [0.2, 0.25) is 0 Å². The van der Waals surface area contributed by atoms with Crippen LogP contribution in [0.2, 0.25) is 0 Å². The van der Waals surface area contributed by atoms with Gasteiger partial charge in [0.15, 0.2) is 0 Å². The van der Waals surface area contributed by atoms with E-state index >= 15 is 0 Å². The van der Waals surface area contributed by atoms with Gasteiger partial charge in [0.1, 0.15) is 0 Å². The van der Waals surface area contributed by atoms with Crippen LogP contribution in [-0.4, -0.2) is 27.9 Å². The van der Waals surface area contributed by atoms with E-state index in [4.69, 9.17) is 0 Å². The van der Waals surface area contributed by atoms with Crippen molar-refractivity contribution in [1.29, 1.82) is 0 Å². The molecule has 304 valence electrons. The van der Waals surface area contributed by atoms with Crippen molar-refractivity contribution < 1.29 is 0 Å². The Morgan fingerprint density at radius 1 is 0.552 bits per heavy atom. The summed E-state index contributed by atoms with van der Waals surface area (Å²) in [5.41, 5.74) is 9.01. The molecule has 0 aromatic rings. The van der Waals surface area contributed by atoms with E-state index in [0.717, 1.165) is 35.5 Å². The normalized spacial score (nSPS) is 44.2. The molecule has 58 heavy (non-hydrogen) atoms. The average molecular weight is 771 g/mol. The summed E-state index contributed by atoms with van der Waals surface area (Å²) in [6.45, 7) is 0. The minimum absolute atomic E-state index is 0.388. The van der Waals surface area contributed by atoms with Crippen molar-refractivity contribution in [2.75, 3.05) is 0 Å². The molecule has 0 amide bonds. The van der Waals surface area contributed by atoms with Crippen LogP contribution in [0, 0.1) is 64.6 Å². The van der Waals surface area contributed by atoms with Gasteiger partial charge in [-0.1, -0.05) is 104 Å². The predicted octanol–water partition coefficient (Wildman–Crippen LogP) is 13.7. The third-order valence-corrected chi connectivity index (χ3v) is 18.8. The molecule has 2 heteroatoms. The lowest BCUT2D eigenvalue weighted by Gasteiger charge is -2.53. The van der Waals surface area contributed by atoms with Crippen molar-refractivity contribution in [3.05, 3.63) is 132 Å². The maximum Gasteiger partial charge on any atom is 0.0479 e. The number of hydrogen-bond donors (Lipinski definition) is 0. The summed E-state index contributed by atoms with van der Waals surface area (Å²) in [5.74, 6) is 7.37. The molecule has 0 aromatic heterocycles. The Labute approximate surface area is 351 Å². The number of allylic oxidation sites excluding steroid dienone is 19. The van der Waals surface area contributed by atoms with Gasteiger partial charge in [-0.2, -0.15) is 0 Å². The topological polar surface area (TPSA) is 6.48 Å². The minimum atomic E-state index is 0.388. The highest BCUT2D eigenvalue weighted by Gasteiger charge is 2.72. The number of nitrogens with zero attached hydrogens (tertiary/aromatic N) is 2. The molecule has 0 saturated heterocycles. The van der Waals surface area contributed by atoms with Crippen LogP contribution in [0.15, 0.2) is 132 Å². The lowest BCUT2D eigenvalue weighted by Crippen LogP contribution is -2.50. The summed E-state index contributed by atoms with van der Waals surface area (Å²) in [6, 6.07) is 1.66. The Balaban J connectivity index is 0.965. The van der Waals surface area contributed by atoms with Crippen LogP contribution in [0.1, 0.15) is 128 Å². The van der Waals surface area contributed by atoms with E-state index in [1.807, 2.05) is 5.70 Å². The van der Waals surface area contributed by atoms with Crippen LogP contribution >= 0.6 is 0 Å². The first-order valence-electron chi connectivity index (χ1n) is 24.9. The van der Waals surface area contributed by atoms with E-state index in [1.54, 1.807) is 22.5 Å². The molecule has 3 saturated carbocycles. The molecule has 1 spiro atoms. The molecule has 0 heterocycles. The molecule has 0 N–H and O–H groups in total. The van der Waals surface area contributed by atoms with E-state index in [9.17, 15) is 0 Å². The fourth-order valence-corrected chi connectivity index (χ4v) is 17.1. The molecule has 0 bridgehead atoms. The lowest BCUT2D eigenvalue weighted by molar-refractivity contribution is -0.000717. The smallest absolute Gasteiger partial charge is 0.0479 e. The molecule has 0 radical (unpaired) electrons.